The largest absolute Gasteiger partial charge is 0.385 e. The number of rotatable bonds is 5. The summed E-state index contributed by atoms with van der Waals surface area (Å²) in [7, 11) is 0. The van der Waals surface area contributed by atoms with Crippen molar-refractivity contribution in [2.75, 3.05) is 0 Å². The van der Waals surface area contributed by atoms with Gasteiger partial charge in [0.2, 0.25) is 0 Å². The van der Waals surface area contributed by atoms with Crippen molar-refractivity contribution in [3.05, 3.63) is 23.8 Å². The van der Waals surface area contributed by atoms with Gasteiger partial charge in [-0.1, -0.05) is 45.9 Å². The summed E-state index contributed by atoms with van der Waals surface area (Å²) in [4.78, 5) is 0. The molecule has 0 aromatic rings. The predicted octanol–water partition coefficient (Wildman–Crippen LogP) is 4.33. The van der Waals surface area contributed by atoms with E-state index >= 15 is 0 Å². The molecular weight excluding hydrogens is 220 g/mol. The summed E-state index contributed by atoms with van der Waals surface area (Å²) in [5.74, 6) is 2.16. The Morgan fingerprint density at radius 1 is 1.11 bits per heavy atom. The normalized spacial score (nSPS) is 27.2. The van der Waals surface area contributed by atoms with Crippen LogP contribution in [0.15, 0.2) is 23.8 Å². The lowest BCUT2D eigenvalue weighted by Gasteiger charge is -2.42. The van der Waals surface area contributed by atoms with Gasteiger partial charge in [-0.05, 0) is 49.0 Å². The SMILES string of the molecule is CC(C)CC(O)(CC(C)C)C1=C[C@@H]2C=C[C@H]1CC2. The molecule has 2 atom stereocenters. The van der Waals surface area contributed by atoms with Crippen molar-refractivity contribution in [3.63, 3.8) is 0 Å². The van der Waals surface area contributed by atoms with E-state index in [4.69, 9.17) is 0 Å². The monoisotopic (exact) mass is 248 g/mol. The molecule has 3 rings (SSSR count). The molecule has 0 aliphatic heterocycles. The van der Waals surface area contributed by atoms with E-state index in [1.54, 1.807) is 0 Å². The number of hydrogen-bond donors (Lipinski definition) is 1. The minimum atomic E-state index is -0.573. The highest BCUT2D eigenvalue weighted by Gasteiger charge is 2.39. The molecule has 3 aliphatic carbocycles. The van der Waals surface area contributed by atoms with Gasteiger partial charge in [0.05, 0.1) is 5.60 Å². The fourth-order valence-electron chi connectivity index (χ4n) is 3.76. The number of allylic oxidation sites excluding steroid dienone is 3. The molecular formula is C17H28O. The Labute approximate surface area is 112 Å². The number of hydrogen-bond acceptors (Lipinski definition) is 1. The fraction of sp³-hybridized carbons (Fsp3) is 0.765. The van der Waals surface area contributed by atoms with Crippen molar-refractivity contribution in [3.8, 4) is 0 Å². The van der Waals surface area contributed by atoms with Gasteiger partial charge < -0.3 is 5.11 Å². The molecule has 1 heteroatoms. The Balaban J connectivity index is 2.24. The Morgan fingerprint density at radius 2 is 1.72 bits per heavy atom. The molecule has 18 heavy (non-hydrogen) atoms. The zero-order valence-corrected chi connectivity index (χ0v) is 12.3. The van der Waals surface area contributed by atoms with Crippen LogP contribution in [0.2, 0.25) is 0 Å². The molecule has 0 heterocycles. The molecule has 0 amide bonds. The van der Waals surface area contributed by atoms with Crippen molar-refractivity contribution in [2.45, 2.75) is 59.0 Å². The minimum absolute atomic E-state index is 0.498. The van der Waals surface area contributed by atoms with E-state index in [1.807, 2.05) is 0 Å². The lowest BCUT2D eigenvalue weighted by Crippen LogP contribution is -2.40. The van der Waals surface area contributed by atoms with Crippen LogP contribution >= 0.6 is 0 Å². The van der Waals surface area contributed by atoms with E-state index in [-0.39, 0.29) is 0 Å². The van der Waals surface area contributed by atoms with E-state index in [0.29, 0.717) is 23.7 Å². The van der Waals surface area contributed by atoms with Crippen LogP contribution in [-0.2, 0) is 0 Å². The molecule has 0 aromatic carbocycles. The number of fused-ring (bicyclic) bond motifs is 1. The average Bonchev–Trinajstić information content (AvgIpc) is 2.28. The molecule has 0 aromatic heterocycles. The Bertz CT molecular complexity index is 339. The van der Waals surface area contributed by atoms with E-state index in [9.17, 15) is 5.11 Å². The maximum atomic E-state index is 11.2. The molecule has 2 bridgehead atoms. The van der Waals surface area contributed by atoms with Gasteiger partial charge in [-0.2, -0.15) is 0 Å². The third-order valence-electron chi connectivity index (χ3n) is 4.22. The Morgan fingerprint density at radius 3 is 2.06 bits per heavy atom. The highest BCUT2D eigenvalue weighted by molar-refractivity contribution is 5.33. The molecule has 1 N–H and O–H groups in total. The van der Waals surface area contributed by atoms with Gasteiger partial charge in [0, 0.05) is 5.92 Å². The molecule has 0 saturated heterocycles. The molecule has 0 fully saturated rings. The van der Waals surface area contributed by atoms with Gasteiger partial charge in [-0.15, -0.1) is 0 Å². The van der Waals surface area contributed by atoms with Crippen LogP contribution < -0.4 is 0 Å². The van der Waals surface area contributed by atoms with E-state index in [0.717, 1.165) is 12.8 Å². The van der Waals surface area contributed by atoms with E-state index < -0.39 is 5.60 Å². The van der Waals surface area contributed by atoms with Crippen LogP contribution in [0.25, 0.3) is 0 Å². The lowest BCUT2D eigenvalue weighted by atomic mass is 9.67. The molecule has 0 spiro atoms. The zero-order chi connectivity index (χ0) is 13.3. The highest BCUT2D eigenvalue weighted by atomic mass is 16.3. The third kappa shape index (κ3) is 2.88. The summed E-state index contributed by atoms with van der Waals surface area (Å²) >= 11 is 0. The van der Waals surface area contributed by atoms with Gasteiger partial charge in [-0.25, -0.2) is 0 Å². The fourth-order valence-corrected chi connectivity index (χ4v) is 3.76. The Hall–Kier alpha value is -0.560. The first-order valence-corrected chi connectivity index (χ1v) is 7.53. The summed E-state index contributed by atoms with van der Waals surface area (Å²) < 4.78 is 0. The van der Waals surface area contributed by atoms with Crippen molar-refractivity contribution < 1.29 is 5.11 Å². The van der Waals surface area contributed by atoms with Crippen LogP contribution in [-0.4, -0.2) is 10.7 Å². The molecule has 102 valence electrons. The molecule has 1 nitrogen and oxygen atoms in total. The summed E-state index contributed by atoms with van der Waals surface area (Å²) in [6.45, 7) is 8.84. The van der Waals surface area contributed by atoms with Crippen molar-refractivity contribution >= 4 is 0 Å². The first-order chi connectivity index (χ1) is 8.40. The van der Waals surface area contributed by atoms with Crippen LogP contribution in [0, 0.1) is 23.7 Å². The first kappa shape index (κ1) is 13.9. The average molecular weight is 248 g/mol. The number of aliphatic hydroxyl groups is 1. The van der Waals surface area contributed by atoms with Gasteiger partial charge in [0.15, 0.2) is 0 Å². The maximum Gasteiger partial charge on any atom is 0.0867 e. The van der Waals surface area contributed by atoms with Crippen molar-refractivity contribution in [1.82, 2.24) is 0 Å². The molecule has 0 radical (unpaired) electrons. The topological polar surface area (TPSA) is 20.2 Å². The van der Waals surface area contributed by atoms with Crippen molar-refractivity contribution in [2.24, 2.45) is 23.7 Å². The first-order valence-electron chi connectivity index (χ1n) is 7.53. The zero-order valence-electron chi connectivity index (χ0n) is 12.3. The molecule has 3 aliphatic rings. The Kier molecular flexibility index (Phi) is 4.01. The summed E-state index contributed by atoms with van der Waals surface area (Å²) in [5, 5.41) is 11.2. The minimum Gasteiger partial charge on any atom is -0.385 e. The predicted molar refractivity (Wildman–Crippen MR) is 77.3 cm³/mol. The third-order valence-corrected chi connectivity index (χ3v) is 4.22. The lowest BCUT2D eigenvalue weighted by molar-refractivity contribution is 0.0250. The second-order valence-electron chi connectivity index (χ2n) is 7.08. The van der Waals surface area contributed by atoms with Crippen LogP contribution in [0.5, 0.6) is 0 Å². The van der Waals surface area contributed by atoms with Crippen LogP contribution in [0.1, 0.15) is 53.4 Å². The van der Waals surface area contributed by atoms with Gasteiger partial charge in [-0.3, -0.25) is 0 Å². The van der Waals surface area contributed by atoms with Crippen molar-refractivity contribution in [1.29, 1.82) is 0 Å². The van der Waals surface area contributed by atoms with E-state index in [1.165, 1.54) is 18.4 Å². The highest BCUT2D eigenvalue weighted by Crippen LogP contribution is 2.44. The van der Waals surface area contributed by atoms with Gasteiger partial charge in [0.25, 0.3) is 0 Å². The standard InChI is InChI=1S/C17H28O/c1-12(2)10-17(18,11-13(3)4)16-9-14-5-7-15(16)8-6-14/h5,7,9,12-15,18H,6,8,10-11H2,1-4H3/t14-,15+/m1/s1. The maximum absolute atomic E-state index is 11.2. The van der Waals surface area contributed by atoms with Gasteiger partial charge >= 0.3 is 0 Å². The van der Waals surface area contributed by atoms with Crippen LogP contribution in [0.3, 0.4) is 0 Å². The smallest absolute Gasteiger partial charge is 0.0867 e. The van der Waals surface area contributed by atoms with Crippen LogP contribution in [0.4, 0.5) is 0 Å². The summed E-state index contributed by atoms with van der Waals surface area (Å²) in [6.07, 6.45) is 11.3. The van der Waals surface area contributed by atoms with E-state index in [2.05, 4.69) is 45.9 Å². The molecule has 0 unspecified atom stereocenters. The quantitative estimate of drug-likeness (QED) is 0.718. The van der Waals surface area contributed by atoms with Gasteiger partial charge in [0.1, 0.15) is 0 Å². The summed E-state index contributed by atoms with van der Waals surface area (Å²) in [6, 6.07) is 0. The second-order valence-corrected chi connectivity index (χ2v) is 7.08. The molecule has 0 saturated carbocycles. The summed E-state index contributed by atoms with van der Waals surface area (Å²) in [5.41, 5.74) is 0.750. The second kappa shape index (κ2) is 5.21.